The van der Waals surface area contributed by atoms with Gasteiger partial charge in [-0.05, 0) is 133 Å². The van der Waals surface area contributed by atoms with Crippen molar-refractivity contribution in [2.75, 3.05) is 4.90 Å². The fourth-order valence-electron chi connectivity index (χ4n) is 11.5. The van der Waals surface area contributed by atoms with Crippen LogP contribution in [0.4, 0.5) is 17.1 Å². The van der Waals surface area contributed by atoms with Crippen LogP contribution in [0.3, 0.4) is 0 Å². The monoisotopic (exact) mass is 710 g/mol. The molecule has 4 saturated carbocycles. The molecule has 0 N–H and O–H groups in total. The van der Waals surface area contributed by atoms with Gasteiger partial charge >= 0.3 is 0 Å². The maximum absolute atomic E-state index is 2.64. The number of nitrogens with zero attached hydrogens (tertiary/aromatic N) is 2. The Morgan fingerprint density at radius 2 is 1.09 bits per heavy atom. The van der Waals surface area contributed by atoms with E-state index in [0.717, 1.165) is 35.0 Å². The molecular formula is C53H46N2. The largest absolute Gasteiger partial charge is 0.309 e. The van der Waals surface area contributed by atoms with Crippen molar-refractivity contribution in [1.82, 2.24) is 4.57 Å². The fourth-order valence-corrected chi connectivity index (χ4v) is 11.5. The van der Waals surface area contributed by atoms with Crippen LogP contribution in [0.15, 0.2) is 170 Å². The number of aryl methyl sites for hydroxylation is 1. The zero-order chi connectivity index (χ0) is 36.5. The zero-order valence-corrected chi connectivity index (χ0v) is 31.5. The number of benzene rings is 7. The van der Waals surface area contributed by atoms with E-state index in [1.807, 2.05) is 0 Å². The minimum Gasteiger partial charge on any atom is -0.309 e. The van der Waals surface area contributed by atoms with E-state index >= 15 is 0 Å². The average Bonchev–Trinajstić information content (AvgIpc) is 3.59. The number of hydrogen-bond donors (Lipinski definition) is 0. The second-order valence-corrected chi connectivity index (χ2v) is 16.6. The molecule has 7 aromatic carbocycles. The first kappa shape index (κ1) is 32.6. The minimum atomic E-state index is 0.640. The van der Waals surface area contributed by atoms with Crippen LogP contribution >= 0.6 is 0 Å². The number of anilines is 3. The van der Waals surface area contributed by atoms with Gasteiger partial charge in [-0.15, -0.1) is 0 Å². The Balaban J connectivity index is 1.16. The summed E-state index contributed by atoms with van der Waals surface area (Å²) in [4.78, 5) is 2.51. The van der Waals surface area contributed by atoms with E-state index in [1.165, 1.54) is 93.1 Å². The smallest absolute Gasteiger partial charge is 0.0591 e. The molecule has 0 radical (unpaired) electrons. The lowest BCUT2D eigenvalue weighted by molar-refractivity contribution is -0.00276. The van der Waals surface area contributed by atoms with Gasteiger partial charge in [-0.25, -0.2) is 0 Å². The quantitative estimate of drug-likeness (QED) is 0.160. The lowest BCUT2D eigenvalue weighted by atomic mass is 9.50. The molecule has 0 unspecified atom stereocenters. The molecule has 4 bridgehead atoms. The minimum absolute atomic E-state index is 0.640. The summed E-state index contributed by atoms with van der Waals surface area (Å²) in [5.41, 5.74) is 15.2. The van der Waals surface area contributed by atoms with Crippen molar-refractivity contribution in [1.29, 1.82) is 0 Å². The van der Waals surface area contributed by atoms with Gasteiger partial charge in [-0.2, -0.15) is 0 Å². The van der Waals surface area contributed by atoms with Gasteiger partial charge in [0.15, 0.2) is 0 Å². The third-order valence-corrected chi connectivity index (χ3v) is 13.5. The molecule has 4 aliphatic rings. The van der Waals surface area contributed by atoms with Gasteiger partial charge in [0.05, 0.1) is 22.4 Å². The second-order valence-electron chi connectivity index (χ2n) is 16.6. The summed E-state index contributed by atoms with van der Waals surface area (Å²) in [7, 11) is 0. The number of para-hydroxylation sites is 3. The summed E-state index contributed by atoms with van der Waals surface area (Å²) in [6, 6.07) is 63.0. The van der Waals surface area contributed by atoms with E-state index in [9.17, 15) is 0 Å². The highest BCUT2D eigenvalue weighted by Gasteiger charge is 2.49. The second kappa shape index (κ2) is 13.2. The zero-order valence-electron chi connectivity index (χ0n) is 31.5. The Morgan fingerprint density at radius 3 is 1.84 bits per heavy atom. The summed E-state index contributed by atoms with van der Waals surface area (Å²) >= 11 is 0. The lowest BCUT2D eigenvalue weighted by Crippen LogP contribution is -2.44. The summed E-state index contributed by atoms with van der Waals surface area (Å²) < 4.78 is 2.64. The molecule has 2 nitrogen and oxygen atoms in total. The average molecular weight is 711 g/mol. The van der Waals surface area contributed by atoms with E-state index < -0.39 is 0 Å². The maximum atomic E-state index is 2.64. The van der Waals surface area contributed by atoms with Crippen molar-refractivity contribution in [2.24, 2.45) is 23.7 Å². The molecule has 0 saturated heterocycles. The summed E-state index contributed by atoms with van der Waals surface area (Å²) in [5, 5.41) is 2.59. The highest BCUT2D eigenvalue weighted by atomic mass is 15.2. The van der Waals surface area contributed by atoms with Gasteiger partial charge in [0, 0.05) is 27.7 Å². The van der Waals surface area contributed by atoms with Crippen LogP contribution in [0.5, 0.6) is 0 Å². The van der Waals surface area contributed by atoms with E-state index in [1.54, 1.807) is 5.56 Å². The molecule has 8 aromatic rings. The first-order valence-corrected chi connectivity index (χ1v) is 20.4. The SMILES string of the molecule is Cc1ccc(N(c2ccc(-c3ccccc3)cc2)c2ccccc2-c2ccccc2)c2c3ccccc3n(-c3ccccc3C3C4CC5CC(C4)CC3C5)c12. The number of fused-ring (bicyclic) bond motifs is 3. The van der Waals surface area contributed by atoms with Crippen molar-refractivity contribution in [2.45, 2.75) is 44.9 Å². The topological polar surface area (TPSA) is 8.17 Å². The predicted octanol–water partition coefficient (Wildman–Crippen LogP) is 14.4. The fraction of sp³-hybridized carbons (Fsp3) is 0.208. The van der Waals surface area contributed by atoms with Gasteiger partial charge in [0.1, 0.15) is 0 Å². The summed E-state index contributed by atoms with van der Waals surface area (Å²) in [6.45, 7) is 2.31. The first-order chi connectivity index (χ1) is 27.2. The third-order valence-electron chi connectivity index (χ3n) is 13.5. The van der Waals surface area contributed by atoms with E-state index in [4.69, 9.17) is 0 Å². The molecule has 0 spiro atoms. The van der Waals surface area contributed by atoms with Crippen molar-refractivity contribution in [3.8, 4) is 27.9 Å². The summed E-state index contributed by atoms with van der Waals surface area (Å²) in [6.07, 6.45) is 7.15. The number of hydrogen-bond acceptors (Lipinski definition) is 1. The molecular weight excluding hydrogens is 665 g/mol. The van der Waals surface area contributed by atoms with E-state index in [0.29, 0.717) is 5.92 Å². The van der Waals surface area contributed by atoms with Gasteiger partial charge in [-0.1, -0.05) is 133 Å². The van der Waals surface area contributed by atoms with Gasteiger partial charge in [-0.3, -0.25) is 0 Å². The molecule has 0 aliphatic heterocycles. The van der Waals surface area contributed by atoms with Crippen molar-refractivity contribution in [3.05, 3.63) is 181 Å². The van der Waals surface area contributed by atoms with E-state index in [-0.39, 0.29) is 0 Å². The highest BCUT2D eigenvalue weighted by molar-refractivity contribution is 6.18. The summed E-state index contributed by atoms with van der Waals surface area (Å²) in [5.74, 6) is 4.17. The number of aromatic nitrogens is 1. The van der Waals surface area contributed by atoms with Crippen molar-refractivity contribution >= 4 is 38.9 Å². The first-order valence-electron chi connectivity index (χ1n) is 20.4. The molecule has 55 heavy (non-hydrogen) atoms. The Hall–Kier alpha value is -5.86. The lowest BCUT2D eigenvalue weighted by Gasteiger charge is -2.55. The molecule has 0 amide bonds. The van der Waals surface area contributed by atoms with Crippen LogP contribution in [0, 0.1) is 30.6 Å². The van der Waals surface area contributed by atoms with Crippen LogP contribution in [-0.2, 0) is 0 Å². The molecule has 4 aliphatic carbocycles. The van der Waals surface area contributed by atoms with Crippen molar-refractivity contribution < 1.29 is 0 Å². The molecule has 12 rings (SSSR count). The normalized spacial score (nSPS) is 21.4. The third kappa shape index (κ3) is 5.37. The molecule has 0 atom stereocenters. The molecule has 4 fully saturated rings. The maximum Gasteiger partial charge on any atom is 0.0591 e. The Bertz CT molecular complexity index is 2640. The van der Waals surface area contributed by atoms with E-state index in [2.05, 4.69) is 186 Å². The molecule has 1 heterocycles. The Labute approximate surface area is 324 Å². The Morgan fingerprint density at radius 1 is 0.491 bits per heavy atom. The molecule has 2 heteroatoms. The number of rotatable bonds is 7. The Kier molecular flexibility index (Phi) is 7.79. The van der Waals surface area contributed by atoms with Crippen LogP contribution in [-0.4, -0.2) is 4.57 Å². The predicted molar refractivity (Wildman–Crippen MR) is 231 cm³/mol. The van der Waals surface area contributed by atoms with Gasteiger partial charge in [0.2, 0.25) is 0 Å². The highest BCUT2D eigenvalue weighted by Crippen LogP contribution is 2.60. The van der Waals surface area contributed by atoms with Gasteiger partial charge in [0.25, 0.3) is 0 Å². The van der Waals surface area contributed by atoms with Crippen LogP contribution in [0.2, 0.25) is 0 Å². The standard InChI is InChI=1S/C53H46N2/c1-35-24-29-50(54(43-27-25-39(26-28-43)38-14-4-2-5-15-38)47-21-11-8-18-44(47)40-16-6-3-7-17-40)52-46-20-10-13-23-49(46)55(53(35)52)48-22-12-9-19-45(48)51-41-31-36-30-37(33-41)34-42(51)32-36/h2-29,36-37,41-42,51H,30-34H2,1H3. The van der Waals surface area contributed by atoms with Crippen LogP contribution in [0.25, 0.3) is 49.7 Å². The van der Waals surface area contributed by atoms with Crippen molar-refractivity contribution in [3.63, 3.8) is 0 Å². The van der Waals surface area contributed by atoms with Crippen LogP contribution < -0.4 is 4.90 Å². The molecule has 268 valence electrons. The molecule has 1 aromatic heterocycles. The van der Waals surface area contributed by atoms with Gasteiger partial charge < -0.3 is 9.47 Å². The van der Waals surface area contributed by atoms with Crippen LogP contribution in [0.1, 0.15) is 49.1 Å².